The Kier molecular flexibility index (Phi) is 7.23. The first-order valence-corrected chi connectivity index (χ1v) is 11.1. The lowest BCUT2D eigenvalue weighted by molar-refractivity contribution is 0.102. The number of benzene rings is 3. The lowest BCUT2D eigenvalue weighted by atomic mass is 9.97. The van der Waals surface area contributed by atoms with Crippen molar-refractivity contribution in [3.8, 4) is 23.0 Å². The van der Waals surface area contributed by atoms with Crippen molar-refractivity contribution in [2.75, 3.05) is 40.3 Å². The summed E-state index contributed by atoms with van der Waals surface area (Å²) in [6.45, 7) is 2.61. The maximum Gasteiger partial charge on any atom is 0.255 e. The van der Waals surface area contributed by atoms with Crippen molar-refractivity contribution in [1.82, 2.24) is 4.90 Å². The monoisotopic (exact) mass is 462 g/mol. The van der Waals surface area contributed by atoms with Crippen molar-refractivity contribution in [1.29, 1.82) is 0 Å². The van der Waals surface area contributed by atoms with Crippen molar-refractivity contribution in [2.24, 2.45) is 0 Å². The zero-order valence-electron chi connectivity index (χ0n) is 20.0. The van der Waals surface area contributed by atoms with Gasteiger partial charge in [-0.05, 0) is 53.4 Å². The van der Waals surface area contributed by atoms with Crippen LogP contribution in [-0.2, 0) is 19.5 Å². The fraction of sp³-hybridized carbons (Fsp3) is 0.296. The minimum absolute atomic E-state index is 0.228. The quantitative estimate of drug-likeness (QED) is 0.530. The van der Waals surface area contributed by atoms with Gasteiger partial charge >= 0.3 is 0 Å². The SMILES string of the molecule is COc1ccc(CN2CCc3c(cccc3NC(=O)c3cc(OC)c(OC)c(OC)c3)C2)cc1. The second kappa shape index (κ2) is 10.5. The van der Waals surface area contributed by atoms with E-state index in [1.807, 2.05) is 24.3 Å². The lowest BCUT2D eigenvalue weighted by Crippen LogP contribution is -2.30. The molecule has 0 atom stereocenters. The zero-order chi connectivity index (χ0) is 24.1. The third-order valence-electron chi connectivity index (χ3n) is 6.09. The van der Waals surface area contributed by atoms with Gasteiger partial charge in [-0.15, -0.1) is 0 Å². The van der Waals surface area contributed by atoms with Gasteiger partial charge in [0.1, 0.15) is 5.75 Å². The molecule has 7 heteroatoms. The molecule has 4 rings (SSSR count). The van der Waals surface area contributed by atoms with Gasteiger partial charge in [-0.2, -0.15) is 0 Å². The van der Waals surface area contributed by atoms with Crippen LogP contribution in [0.4, 0.5) is 5.69 Å². The third kappa shape index (κ3) is 4.94. The fourth-order valence-electron chi connectivity index (χ4n) is 4.32. The molecule has 0 saturated carbocycles. The number of nitrogens with one attached hydrogen (secondary N) is 1. The van der Waals surface area contributed by atoms with Gasteiger partial charge in [0.15, 0.2) is 11.5 Å². The summed E-state index contributed by atoms with van der Waals surface area (Å²) in [6.07, 6.45) is 0.858. The molecule has 0 spiro atoms. The van der Waals surface area contributed by atoms with Crippen LogP contribution in [0, 0.1) is 0 Å². The normalized spacial score (nSPS) is 13.1. The molecule has 0 fully saturated rings. The summed E-state index contributed by atoms with van der Waals surface area (Å²) in [5, 5.41) is 3.08. The number of fused-ring (bicyclic) bond motifs is 1. The van der Waals surface area contributed by atoms with Crippen LogP contribution in [0.3, 0.4) is 0 Å². The Morgan fingerprint density at radius 2 is 1.62 bits per heavy atom. The van der Waals surface area contributed by atoms with E-state index in [1.54, 1.807) is 19.2 Å². The maximum absolute atomic E-state index is 13.1. The minimum atomic E-state index is -0.228. The Morgan fingerprint density at radius 3 is 2.24 bits per heavy atom. The molecule has 1 aliphatic heterocycles. The maximum atomic E-state index is 13.1. The molecule has 178 valence electrons. The van der Waals surface area contributed by atoms with Crippen LogP contribution < -0.4 is 24.3 Å². The van der Waals surface area contributed by atoms with Gasteiger partial charge in [-0.1, -0.05) is 24.3 Å². The molecular formula is C27H30N2O5. The first-order chi connectivity index (χ1) is 16.6. The number of methoxy groups -OCH3 is 4. The first-order valence-electron chi connectivity index (χ1n) is 11.1. The van der Waals surface area contributed by atoms with E-state index in [0.717, 1.165) is 37.5 Å². The number of rotatable bonds is 8. The van der Waals surface area contributed by atoms with Crippen LogP contribution in [0.5, 0.6) is 23.0 Å². The standard InChI is InChI=1S/C27H30N2O5/c1-31-21-10-8-18(9-11-21)16-29-13-12-22-19(17-29)6-5-7-23(22)28-27(30)20-14-24(32-2)26(34-4)25(15-20)33-3/h5-11,14-15H,12-13,16-17H2,1-4H3,(H,28,30). The number of carbonyl (C=O) groups is 1. The fourth-order valence-corrected chi connectivity index (χ4v) is 4.32. The third-order valence-corrected chi connectivity index (χ3v) is 6.09. The van der Waals surface area contributed by atoms with Gasteiger partial charge in [-0.25, -0.2) is 0 Å². The van der Waals surface area contributed by atoms with Gasteiger partial charge < -0.3 is 24.3 Å². The summed E-state index contributed by atoms with van der Waals surface area (Å²) >= 11 is 0. The second-order valence-electron chi connectivity index (χ2n) is 8.12. The van der Waals surface area contributed by atoms with Crippen molar-refractivity contribution >= 4 is 11.6 Å². The highest BCUT2D eigenvalue weighted by molar-refractivity contribution is 6.05. The van der Waals surface area contributed by atoms with Crippen molar-refractivity contribution in [3.05, 3.63) is 76.9 Å². The van der Waals surface area contributed by atoms with Crippen LogP contribution >= 0.6 is 0 Å². The van der Waals surface area contributed by atoms with Crippen LogP contribution in [0.25, 0.3) is 0 Å². The highest BCUT2D eigenvalue weighted by Gasteiger charge is 2.21. The molecule has 0 aromatic heterocycles. The van der Waals surface area contributed by atoms with E-state index < -0.39 is 0 Å². The summed E-state index contributed by atoms with van der Waals surface area (Å²) in [5.41, 5.74) is 4.91. The molecule has 3 aromatic rings. The molecule has 34 heavy (non-hydrogen) atoms. The predicted octanol–water partition coefficient (Wildman–Crippen LogP) is 4.53. The predicted molar refractivity (Wildman–Crippen MR) is 131 cm³/mol. The Labute approximate surface area is 200 Å². The molecule has 1 aliphatic rings. The van der Waals surface area contributed by atoms with E-state index in [-0.39, 0.29) is 5.91 Å². The van der Waals surface area contributed by atoms with Crippen LogP contribution in [0.15, 0.2) is 54.6 Å². The van der Waals surface area contributed by atoms with Gasteiger partial charge in [-0.3, -0.25) is 9.69 Å². The first kappa shape index (κ1) is 23.4. The van der Waals surface area contributed by atoms with E-state index in [1.165, 1.54) is 38.0 Å². The van der Waals surface area contributed by atoms with Crippen LogP contribution in [-0.4, -0.2) is 45.8 Å². The molecular weight excluding hydrogens is 432 g/mol. The Morgan fingerprint density at radius 1 is 0.912 bits per heavy atom. The zero-order valence-corrected chi connectivity index (χ0v) is 20.0. The van der Waals surface area contributed by atoms with E-state index in [0.29, 0.717) is 22.8 Å². The van der Waals surface area contributed by atoms with E-state index in [9.17, 15) is 4.79 Å². The number of ether oxygens (including phenoxy) is 4. The minimum Gasteiger partial charge on any atom is -0.497 e. The van der Waals surface area contributed by atoms with E-state index in [2.05, 4.69) is 28.4 Å². The lowest BCUT2D eigenvalue weighted by Gasteiger charge is -2.30. The Bertz CT molecular complexity index is 1140. The van der Waals surface area contributed by atoms with E-state index >= 15 is 0 Å². The molecule has 1 amide bonds. The summed E-state index contributed by atoms with van der Waals surface area (Å²) in [5.74, 6) is 1.97. The highest BCUT2D eigenvalue weighted by Crippen LogP contribution is 2.38. The number of hydrogen-bond donors (Lipinski definition) is 1. The molecule has 0 radical (unpaired) electrons. The van der Waals surface area contributed by atoms with Crippen LogP contribution in [0.2, 0.25) is 0 Å². The number of amides is 1. The summed E-state index contributed by atoms with van der Waals surface area (Å²) < 4.78 is 21.4. The molecule has 7 nitrogen and oxygen atoms in total. The van der Waals surface area contributed by atoms with Crippen molar-refractivity contribution in [2.45, 2.75) is 19.5 Å². The molecule has 0 aliphatic carbocycles. The number of carbonyl (C=O) groups excluding carboxylic acids is 1. The molecule has 1 N–H and O–H groups in total. The average Bonchev–Trinajstić information content (AvgIpc) is 2.88. The second-order valence-corrected chi connectivity index (χ2v) is 8.12. The molecule has 0 bridgehead atoms. The van der Waals surface area contributed by atoms with Crippen molar-refractivity contribution < 1.29 is 23.7 Å². The molecule has 0 unspecified atom stereocenters. The van der Waals surface area contributed by atoms with Gasteiger partial charge in [0.2, 0.25) is 5.75 Å². The molecule has 0 saturated heterocycles. The number of hydrogen-bond acceptors (Lipinski definition) is 6. The summed E-state index contributed by atoms with van der Waals surface area (Å²) in [6, 6.07) is 17.6. The van der Waals surface area contributed by atoms with Crippen LogP contribution in [0.1, 0.15) is 27.0 Å². The average molecular weight is 463 g/mol. The topological polar surface area (TPSA) is 69.3 Å². The van der Waals surface area contributed by atoms with Gasteiger partial charge in [0.05, 0.1) is 28.4 Å². The summed E-state index contributed by atoms with van der Waals surface area (Å²) in [4.78, 5) is 15.5. The van der Waals surface area contributed by atoms with Crippen molar-refractivity contribution in [3.63, 3.8) is 0 Å². The largest absolute Gasteiger partial charge is 0.497 e. The van der Waals surface area contributed by atoms with Gasteiger partial charge in [0, 0.05) is 30.9 Å². The van der Waals surface area contributed by atoms with Gasteiger partial charge in [0.25, 0.3) is 5.91 Å². The number of anilines is 1. The van der Waals surface area contributed by atoms with E-state index in [4.69, 9.17) is 18.9 Å². The Hall–Kier alpha value is -3.71. The Balaban J connectivity index is 1.50. The summed E-state index contributed by atoms with van der Waals surface area (Å²) in [7, 11) is 6.28. The smallest absolute Gasteiger partial charge is 0.255 e. The number of nitrogens with zero attached hydrogens (tertiary/aromatic N) is 1. The molecule has 3 aromatic carbocycles. The molecule has 1 heterocycles. The highest BCUT2D eigenvalue weighted by atomic mass is 16.5.